The lowest BCUT2D eigenvalue weighted by Crippen LogP contribution is -2.36. The van der Waals surface area contributed by atoms with Crippen LogP contribution in [0.4, 0.5) is 0 Å². The predicted molar refractivity (Wildman–Crippen MR) is 95.4 cm³/mol. The smallest absolute Gasteiger partial charge is 0.254 e. The molecule has 0 aromatic heterocycles. The molecule has 0 atom stereocenters. The van der Waals surface area contributed by atoms with Gasteiger partial charge in [-0.05, 0) is 43.4 Å². The van der Waals surface area contributed by atoms with E-state index in [4.69, 9.17) is 4.74 Å². The maximum absolute atomic E-state index is 13.0. The van der Waals surface area contributed by atoms with Crippen molar-refractivity contribution >= 4 is 5.91 Å². The molecular formula is C20H24N2O2. The molecule has 24 heavy (non-hydrogen) atoms. The molecule has 0 unspecified atom stereocenters. The fraction of sp³-hybridized carbons (Fsp3) is 0.350. The van der Waals surface area contributed by atoms with E-state index in [2.05, 4.69) is 17.0 Å². The number of ether oxygens (including phenoxy) is 1. The molecule has 4 nitrogen and oxygen atoms in total. The number of likely N-dealkylation sites (N-methyl/N-ethyl adjacent to an activating group) is 1. The summed E-state index contributed by atoms with van der Waals surface area (Å²) in [4.78, 5) is 17.1. The van der Waals surface area contributed by atoms with E-state index >= 15 is 0 Å². The third-order valence-corrected chi connectivity index (χ3v) is 4.26. The summed E-state index contributed by atoms with van der Waals surface area (Å²) in [5.74, 6) is 0.991. The lowest BCUT2D eigenvalue weighted by molar-refractivity contribution is 0.0732. The minimum Gasteiger partial charge on any atom is -0.493 e. The summed E-state index contributed by atoms with van der Waals surface area (Å²) >= 11 is 0. The van der Waals surface area contributed by atoms with Gasteiger partial charge < -0.3 is 14.5 Å². The molecule has 126 valence electrons. The van der Waals surface area contributed by atoms with Gasteiger partial charge in [-0.1, -0.05) is 30.3 Å². The predicted octanol–water partition coefficient (Wildman–Crippen LogP) is 2.83. The summed E-state index contributed by atoms with van der Waals surface area (Å²) in [5, 5.41) is 0. The molecule has 1 aliphatic heterocycles. The van der Waals surface area contributed by atoms with E-state index < -0.39 is 0 Å². The molecule has 4 heteroatoms. The lowest BCUT2D eigenvalue weighted by Gasteiger charge is -2.25. The van der Waals surface area contributed by atoms with Crippen molar-refractivity contribution < 1.29 is 9.53 Å². The fourth-order valence-electron chi connectivity index (χ4n) is 2.88. The van der Waals surface area contributed by atoms with Gasteiger partial charge in [0.25, 0.3) is 5.91 Å². The van der Waals surface area contributed by atoms with Crippen molar-refractivity contribution in [2.45, 2.75) is 13.0 Å². The minimum atomic E-state index is 0.0791. The van der Waals surface area contributed by atoms with Crippen molar-refractivity contribution in [3.8, 4) is 5.75 Å². The van der Waals surface area contributed by atoms with Gasteiger partial charge in [0, 0.05) is 31.6 Å². The van der Waals surface area contributed by atoms with Gasteiger partial charge in [-0.15, -0.1) is 0 Å². The van der Waals surface area contributed by atoms with Gasteiger partial charge in [-0.3, -0.25) is 4.79 Å². The normalized spacial score (nSPS) is 12.8. The molecule has 0 N–H and O–H groups in total. The van der Waals surface area contributed by atoms with E-state index in [0.717, 1.165) is 35.4 Å². The second-order valence-electron chi connectivity index (χ2n) is 6.44. The Balaban J connectivity index is 1.79. The highest BCUT2D eigenvalue weighted by Gasteiger charge is 2.19. The molecule has 1 heterocycles. The van der Waals surface area contributed by atoms with Crippen molar-refractivity contribution in [1.29, 1.82) is 0 Å². The number of carbonyl (C=O) groups excluding carboxylic acids is 1. The first-order valence-corrected chi connectivity index (χ1v) is 8.37. The Labute approximate surface area is 143 Å². The van der Waals surface area contributed by atoms with Crippen molar-refractivity contribution in [2.75, 3.05) is 33.8 Å². The van der Waals surface area contributed by atoms with Crippen LogP contribution < -0.4 is 4.74 Å². The van der Waals surface area contributed by atoms with Gasteiger partial charge in [-0.2, -0.15) is 0 Å². The number of hydrogen-bond acceptors (Lipinski definition) is 3. The average molecular weight is 324 g/mol. The van der Waals surface area contributed by atoms with Crippen LogP contribution in [0.3, 0.4) is 0 Å². The van der Waals surface area contributed by atoms with E-state index in [-0.39, 0.29) is 5.91 Å². The van der Waals surface area contributed by atoms with Gasteiger partial charge in [0.05, 0.1) is 6.61 Å². The molecule has 0 aliphatic carbocycles. The summed E-state index contributed by atoms with van der Waals surface area (Å²) in [5.41, 5.74) is 3.02. The molecule has 0 spiro atoms. The largest absolute Gasteiger partial charge is 0.493 e. The third kappa shape index (κ3) is 3.95. The van der Waals surface area contributed by atoms with E-state index in [9.17, 15) is 4.79 Å². The van der Waals surface area contributed by atoms with Crippen LogP contribution in [-0.2, 0) is 13.0 Å². The zero-order valence-electron chi connectivity index (χ0n) is 14.4. The summed E-state index contributed by atoms with van der Waals surface area (Å²) in [6.45, 7) is 2.88. The Hall–Kier alpha value is -2.33. The second-order valence-corrected chi connectivity index (χ2v) is 6.44. The first-order valence-electron chi connectivity index (χ1n) is 8.37. The van der Waals surface area contributed by atoms with Gasteiger partial charge in [0.1, 0.15) is 5.75 Å². The number of amides is 1. The van der Waals surface area contributed by atoms with Gasteiger partial charge in [0.2, 0.25) is 0 Å². The topological polar surface area (TPSA) is 32.8 Å². The molecule has 3 rings (SSSR count). The highest BCUT2D eigenvalue weighted by Crippen LogP contribution is 2.26. The molecule has 2 aromatic rings. The first-order chi connectivity index (χ1) is 11.6. The van der Waals surface area contributed by atoms with Crippen LogP contribution in [-0.4, -0.2) is 49.5 Å². The van der Waals surface area contributed by atoms with Crippen LogP contribution >= 0.6 is 0 Å². The summed E-state index contributed by atoms with van der Waals surface area (Å²) in [6.07, 6.45) is 0.882. The Morgan fingerprint density at radius 1 is 1.08 bits per heavy atom. The molecule has 0 saturated heterocycles. The maximum atomic E-state index is 13.0. The molecule has 0 radical (unpaired) electrons. The Bertz CT molecular complexity index is 698. The highest BCUT2D eigenvalue weighted by atomic mass is 16.5. The number of carbonyl (C=O) groups is 1. The first kappa shape index (κ1) is 16.5. The zero-order valence-corrected chi connectivity index (χ0v) is 14.4. The van der Waals surface area contributed by atoms with Crippen molar-refractivity contribution in [3.63, 3.8) is 0 Å². The molecular weight excluding hydrogens is 300 g/mol. The number of fused-ring (bicyclic) bond motifs is 1. The number of rotatable bonds is 6. The van der Waals surface area contributed by atoms with Crippen LogP contribution in [0.1, 0.15) is 21.5 Å². The summed E-state index contributed by atoms with van der Waals surface area (Å²) < 4.78 is 5.54. The molecule has 0 bridgehead atoms. The van der Waals surface area contributed by atoms with Gasteiger partial charge in [-0.25, -0.2) is 0 Å². The number of nitrogens with zero attached hydrogens (tertiary/aromatic N) is 2. The Morgan fingerprint density at radius 2 is 1.88 bits per heavy atom. The van der Waals surface area contributed by atoms with E-state index in [0.29, 0.717) is 19.7 Å². The maximum Gasteiger partial charge on any atom is 0.254 e. The quantitative estimate of drug-likeness (QED) is 0.819. The SMILES string of the molecule is CN(C)CCN(Cc1ccccc1)C(=O)c1ccc2c(c1)CCO2. The molecule has 0 saturated carbocycles. The van der Waals surface area contributed by atoms with Gasteiger partial charge >= 0.3 is 0 Å². The van der Waals surface area contributed by atoms with Crippen molar-refractivity contribution in [1.82, 2.24) is 9.80 Å². The van der Waals surface area contributed by atoms with E-state index in [1.165, 1.54) is 0 Å². The zero-order chi connectivity index (χ0) is 16.9. The average Bonchev–Trinajstić information content (AvgIpc) is 3.06. The third-order valence-electron chi connectivity index (χ3n) is 4.26. The standard InChI is InChI=1S/C20H24N2O2/c1-21(2)11-12-22(15-16-6-4-3-5-7-16)20(23)18-8-9-19-17(14-18)10-13-24-19/h3-9,14H,10-13,15H2,1-2H3. The van der Waals surface area contributed by atoms with E-state index in [1.807, 2.05) is 55.4 Å². The summed E-state index contributed by atoms with van der Waals surface area (Å²) in [6, 6.07) is 15.9. The Kier molecular flexibility index (Phi) is 5.16. The van der Waals surface area contributed by atoms with E-state index in [1.54, 1.807) is 0 Å². The number of hydrogen-bond donors (Lipinski definition) is 0. The van der Waals surface area contributed by atoms with Gasteiger partial charge in [0.15, 0.2) is 0 Å². The molecule has 0 fully saturated rings. The minimum absolute atomic E-state index is 0.0791. The number of benzene rings is 2. The van der Waals surface area contributed by atoms with Crippen LogP contribution in [0.2, 0.25) is 0 Å². The van der Waals surface area contributed by atoms with Crippen LogP contribution in [0.5, 0.6) is 5.75 Å². The fourth-order valence-corrected chi connectivity index (χ4v) is 2.88. The molecule has 1 aliphatic rings. The monoisotopic (exact) mass is 324 g/mol. The highest BCUT2D eigenvalue weighted by molar-refractivity contribution is 5.94. The lowest BCUT2D eigenvalue weighted by atomic mass is 10.1. The van der Waals surface area contributed by atoms with Crippen LogP contribution in [0, 0.1) is 0 Å². The van der Waals surface area contributed by atoms with Crippen molar-refractivity contribution in [2.24, 2.45) is 0 Å². The second kappa shape index (κ2) is 7.49. The Morgan fingerprint density at radius 3 is 2.62 bits per heavy atom. The molecule has 1 amide bonds. The van der Waals surface area contributed by atoms with Crippen LogP contribution in [0.15, 0.2) is 48.5 Å². The molecule has 2 aromatic carbocycles. The van der Waals surface area contributed by atoms with Crippen LogP contribution in [0.25, 0.3) is 0 Å². The summed E-state index contributed by atoms with van der Waals surface area (Å²) in [7, 11) is 4.05. The van der Waals surface area contributed by atoms with Crippen molar-refractivity contribution in [3.05, 3.63) is 65.2 Å².